The standard InChI is InChI=1S/C12H20N2O/c1-10(15)7-8-14(2)9-11-3-5-12(13)6-4-11/h3-6,10,15H,7-9,13H2,1-2H3. The van der Waals surface area contributed by atoms with Crippen LogP contribution >= 0.6 is 0 Å². The molecule has 1 rings (SSSR count). The van der Waals surface area contributed by atoms with Crippen LogP contribution in [0, 0.1) is 0 Å². The van der Waals surface area contributed by atoms with Crippen molar-refractivity contribution in [3.8, 4) is 0 Å². The average Bonchev–Trinajstić information content (AvgIpc) is 2.19. The third-order valence-corrected chi connectivity index (χ3v) is 2.36. The van der Waals surface area contributed by atoms with Gasteiger partial charge in [0.1, 0.15) is 0 Å². The Labute approximate surface area is 91.5 Å². The number of anilines is 1. The molecule has 0 heterocycles. The van der Waals surface area contributed by atoms with Crippen LogP contribution in [0.4, 0.5) is 5.69 Å². The Morgan fingerprint density at radius 3 is 2.47 bits per heavy atom. The maximum Gasteiger partial charge on any atom is 0.0524 e. The zero-order chi connectivity index (χ0) is 11.3. The Hall–Kier alpha value is -1.06. The van der Waals surface area contributed by atoms with Crippen LogP contribution in [-0.4, -0.2) is 29.7 Å². The molecule has 3 heteroatoms. The van der Waals surface area contributed by atoms with Gasteiger partial charge in [0.05, 0.1) is 6.10 Å². The lowest BCUT2D eigenvalue weighted by atomic mass is 10.2. The molecule has 0 spiro atoms. The number of hydrogen-bond donors (Lipinski definition) is 2. The van der Waals surface area contributed by atoms with Crippen molar-refractivity contribution in [1.82, 2.24) is 4.90 Å². The maximum atomic E-state index is 9.16. The van der Waals surface area contributed by atoms with E-state index < -0.39 is 0 Å². The molecule has 0 aromatic heterocycles. The number of nitrogens with zero attached hydrogens (tertiary/aromatic N) is 1. The summed E-state index contributed by atoms with van der Waals surface area (Å²) in [7, 11) is 2.05. The Bertz CT molecular complexity index is 282. The minimum atomic E-state index is -0.223. The minimum absolute atomic E-state index is 0.223. The van der Waals surface area contributed by atoms with Gasteiger partial charge in [-0.3, -0.25) is 0 Å². The lowest BCUT2D eigenvalue weighted by molar-refractivity contribution is 0.163. The van der Waals surface area contributed by atoms with Gasteiger partial charge in [-0.15, -0.1) is 0 Å². The van der Waals surface area contributed by atoms with Crippen molar-refractivity contribution < 1.29 is 5.11 Å². The molecule has 0 aliphatic rings. The third-order valence-electron chi connectivity index (χ3n) is 2.36. The first-order chi connectivity index (χ1) is 7.08. The van der Waals surface area contributed by atoms with E-state index in [1.165, 1.54) is 5.56 Å². The molecule has 15 heavy (non-hydrogen) atoms. The van der Waals surface area contributed by atoms with Crippen molar-refractivity contribution in [1.29, 1.82) is 0 Å². The van der Waals surface area contributed by atoms with Crippen molar-refractivity contribution in [2.45, 2.75) is 26.0 Å². The number of nitrogens with two attached hydrogens (primary N) is 1. The van der Waals surface area contributed by atoms with Gasteiger partial charge in [0.2, 0.25) is 0 Å². The molecule has 0 radical (unpaired) electrons. The first-order valence-corrected chi connectivity index (χ1v) is 5.29. The number of benzene rings is 1. The molecule has 1 unspecified atom stereocenters. The summed E-state index contributed by atoms with van der Waals surface area (Å²) in [5, 5.41) is 9.16. The summed E-state index contributed by atoms with van der Waals surface area (Å²) in [6.45, 7) is 3.62. The van der Waals surface area contributed by atoms with E-state index in [0.717, 1.165) is 25.2 Å². The van der Waals surface area contributed by atoms with Gasteiger partial charge >= 0.3 is 0 Å². The first kappa shape index (κ1) is 12.0. The van der Waals surface area contributed by atoms with Crippen LogP contribution in [0.25, 0.3) is 0 Å². The molecule has 0 aliphatic heterocycles. The van der Waals surface area contributed by atoms with Gasteiger partial charge in [-0.25, -0.2) is 0 Å². The summed E-state index contributed by atoms with van der Waals surface area (Å²) in [6, 6.07) is 7.90. The molecule has 0 fully saturated rings. The second kappa shape index (κ2) is 5.73. The van der Waals surface area contributed by atoms with E-state index in [1.807, 2.05) is 31.2 Å². The smallest absolute Gasteiger partial charge is 0.0524 e. The Balaban J connectivity index is 2.37. The van der Waals surface area contributed by atoms with E-state index >= 15 is 0 Å². The van der Waals surface area contributed by atoms with Gasteiger partial charge in [0.15, 0.2) is 0 Å². The van der Waals surface area contributed by atoms with Crippen molar-refractivity contribution in [3.05, 3.63) is 29.8 Å². The van der Waals surface area contributed by atoms with E-state index in [9.17, 15) is 0 Å². The fourth-order valence-corrected chi connectivity index (χ4v) is 1.42. The SMILES string of the molecule is CC(O)CCN(C)Cc1ccc(N)cc1. The van der Waals surface area contributed by atoms with Gasteiger partial charge in [-0.1, -0.05) is 12.1 Å². The summed E-state index contributed by atoms with van der Waals surface area (Å²) in [5.74, 6) is 0. The zero-order valence-corrected chi connectivity index (χ0v) is 9.48. The Morgan fingerprint density at radius 2 is 1.93 bits per heavy atom. The highest BCUT2D eigenvalue weighted by atomic mass is 16.3. The first-order valence-electron chi connectivity index (χ1n) is 5.29. The van der Waals surface area contributed by atoms with Crippen LogP contribution in [0.3, 0.4) is 0 Å². The summed E-state index contributed by atoms with van der Waals surface area (Å²) >= 11 is 0. The number of rotatable bonds is 5. The van der Waals surface area contributed by atoms with E-state index in [-0.39, 0.29) is 6.10 Å². The number of aliphatic hydroxyl groups is 1. The third kappa shape index (κ3) is 4.81. The molecule has 0 amide bonds. The largest absolute Gasteiger partial charge is 0.399 e. The number of hydrogen-bond acceptors (Lipinski definition) is 3. The Morgan fingerprint density at radius 1 is 1.33 bits per heavy atom. The highest BCUT2D eigenvalue weighted by molar-refractivity contribution is 5.39. The van der Waals surface area contributed by atoms with Gasteiger partial charge in [-0.05, 0) is 38.1 Å². The van der Waals surface area contributed by atoms with Crippen molar-refractivity contribution in [2.24, 2.45) is 0 Å². The van der Waals surface area contributed by atoms with Crippen molar-refractivity contribution in [3.63, 3.8) is 0 Å². The normalized spacial score (nSPS) is 13.1. The second-order valence-corrected chi connectivity index (χ2v) is 4.12. The van der Waals surface area contributed by atoms with Crippen molar-refractivity contribution >= 4 is 5.69 Å². The number of aliphatic hydroxyl groups excluding tert-OH is 1. The topological polar surface area (TPSA) is 49.5 Å². The molecule has 84 valence electrons. The molecule has 1 atom stereocenters. The van der Waals surface area contributed by atoms with Crippen molar-refractivity contribution in [2.75, 3.05) is 19.3 Å². The van der Waals surface area contributed by atoms with Gasteiger partial charge in [0, 0.05) is 18.8 Å². The predicted molar refractivity (Wildman–Crippen MR) is 63.5 cm³/mol. The fraction of sp³-hybridized carbons (Fsp3) is 0.500. The molecule has 0 saturated carbocycles. The molecule has 0 saturated heterocycles. The quantitative estimate of drug-likeness (QED) is 0.720. The highest BCUT2D eigenvalue weighted by Crippen LogP contribution is 2.08. The van der Waals surface area contributed by atoms with Crippen LogP contribution in [0.2, 0.25) is 0 Å². The van der Waals surface area contributed by atoms with Crippen LogP contribution in [0.15, 0.2) is 24.3 Å². The van der Waals surface area contributed by atoms with Crippen LogP contribution in [0.1, 0.15) is 18.9 Å². The molecule has 1 aromatic carbocycles. The summed E-state index contributed by atoms with van der Waals surface area (Å²) < 4.78 is 0. The molecular weight excluding hydrogens is 188 g/mol. The van der Waals surface area contributed by atoms with Gasteiger partial charge < -0.3 is 15.7 Å². The van der Waals surface area contributed by atoms with Crippen LogP contribution < -0.4 is 5.73 Å². The summed E-state index contributed by atoms with van der Waals surface area (Å²) in [6.07, 6.45) is 0.588. The van der Waals surface area contributed by atoms with Gasteiger partial charge in [0.25, 0.3) is 0 Å². The second-order valence-electron chi connectivity index (χ2n) is 4.12. The lowest BCUT2D eigenvalue weighted by Gasteiger charge is -2.17. The monoisotopic (exact) mass is 208 g/mol. The molecule has 0 bridgehead atoms. The minimum Gasteiger partial charge on any atom is -0.399 e. The molecule has 0 aliphatic carbocycles. The van der Waals surface area contributed by atoms with Gasteiger partial charge in [-0.2, -0.15) is 0 Å². The molecule has 3 N–H and O–H groups in total. The molecular formula is C12H20N2O. The Kier molecular flexibility index (Phi) is 4.59. The summed E-state index contributed by atoms with van der Waals surface area (Å²) in [4.78, 5) is 2.19. The predicted octanol–water partition coefficient (Wildman–Crippen LogP) is 1.47. The fourth-order valence-electron chi connectivity index (χ4n) is 1.42. The summed E-state index contributed by atoms with van der Waals surface area (Å²) in [5.41, 5.74) is 7.65. The zero-order valence-electron chi connectivity index (χ0n) is 9.48. The van der Waals surface area contributed by atoms with Crippen LogP contribution in [0.5, 0.6) is 0 Å². The average molecular weight is 208 g/mol. The lowest BCUT2D eigenvalue weighted by Crippen LogP contribution is -2.22. The van der Waals surface area contributed by atoms with Crippen LogP contribution in [-0.2, 0) is 6.54 Å². The van der Waals surface area contributed by atoms with E-state index in [0.29, 0.717) is 0 Å². The van der Waals surface area contributed by atoms with E-state index in [1.54, 1.807) is 0 Å². The number of nitrogen functional groups attached to an aromatic ring is 1. The maximum absolute atomic E-state index is 9.16. The van der Waals surface area contributed by atoms with E-state index in [4.69, 9.17) is 10.8 Å². The molecule has 3 nitrogen and oxygen atoms in total. The molecule has 1 aromatic rings. The van der Waals surface area contributed by atoms with E-state index in [2.05, 4.69) is 11.9 Å². The highest BCUT2D eigenvalue weighted by Gasteiger charge is 2.02.